The molecule has 2 aromatic rings. The molecule has 1 N–H and O–H groups in total. The van der Waals surface area contributed by atoms with E-state index in [2.05, 4.69) is 5.32 Å². The average Bonchev–Trinajstić information content (AvgIpc) is 2.78. The summed E-state index contributed by atoms with van der Waals surface area (Å²) >= 11 is 0. The van der Waals surface area contributed by atoms with Crippen molar-refractivity contribution in [3.8, 4) is 0 Å². The fourth-order valence-corrected chi connectivity index (χ4v) is 3.18. The lowest BCUT2D eigenvalue weighted by atomic mass is 10.1. The van der Waals surface area contributed by atoms with Gasteiger partial charge in [0.15, 0.2) is 6.61 Å². The molecular formula is C20H20N4O8. The topological polar surface area (TPSA) is 154 Å². The lowest BCUT2D eigenvalue weighted by molar-refractivity contribution is -0.385. The molecule has 0 atom stereocenters. The SMILES string of the molecule is Cc1cc([N+](=O)[O-])ccc1NC(=O)COC(=O)c1cc([N+](=O)[O-])ccc1N1CCOCC1. The molecule has 0 unspecified atom stereocenters. The van der Waals surface area contributed by atoms with E-state index in [4.69, 9.17) is 9.47 Å². The number of carbonyl (C=O) groups is 2. The number of nitro groups is 2. The highest BCUT2D eigenvalue weighted by atomic mass is 16.6. The molecule has 0 radical (unpaired) electrons. The van der Waals surface area contributed by atoms with Gasteiger partial charge in [-0.15, -0.1) is 0 Å². The number of nitro benzene ring substituents is 2. The second-order valence-electron chi connectivity index (χ2n) is 6.94. The first-order chi connectivity index (χ1) is 15.3. The highest BCUT2D eigenvalue weighted by molar-refractivity contribution is 5.99. The van der Waals surface area contributed by atoms with Gasteiger partial charge in [0, 0.05) is 43.0 Å². The van der Waals surface area contributed by atoms with E-state index < -0.39 is 28.3 Å². The number of aryl methyl sites for hydroxylation is 1. The molecule has 1 amide bonds. The Balaban J connectivity index is 1.71. The van der Waals surface area contributed by atoms with E-state index in [-0.39, 0.29) is 16.9 Å². The van der Waals surface area contributed by atoms with Crippen molar-refractivity contribution in [3.63, 3.8) is 0 Å². The Kier molecular flexibility index (Phi) is 6.95. The van der Waals surface area contributed by atoms with Crippen LogP contribution in [-0.2, 0) is 14.3 Å². The van der Waals surface area contributed by atoms with Crippen molar-refractivity contribution < 1.29 is 28.9 Å². The highest BCUT2D eigenvalue weighted by Crippen LogP contribution is 2.27. The van der Waals surface area contributed by atoms with Crippen LogP contribution in [0.2, 0.25) is 0 Å². The van der Waals surface area contributed by atoms with Gasteiger partial charge >= 0.3 is 5.97 Å². The molecule has 1 aliphatic heterocycles. The lowest BCUT2D eigenvalue weighted by Gasteiger charge is -2.30. The molecule has 0 saturated carbocycles. The van der Waals surface area contributed by atoms with E-state index >= 15 is 0 Å². The summed E-state index contributed by atoms with van der Waals surface area (Å²) in [4.78, 5) is 47.5. The van der Waals surface area contributed by atoms with E-state index in [1.165, 1.54) is 30.3 Å². The largest absolute Gasteiger partial charge is 0.452 e. The Hall–Kier alpha value is -4.06. The van der Waals surface area contributed by atoms with Crippen molar-refractivity contribution in [3.05, 3.63) is 67.8 Å². The standard InChI is InChI=1S/C20H20N4O8/c1-13-10-14(23(27)28)2-4-17(13)21-19(25)12-32-20(26)16-11-15(24(29)30)3-5-18(16)22-6-8-31-9-7-22/h2-5,10-11H,6-9,12H2,1H3,(H,21,25). The first-order valence-electron chi connectivity index (χ1n) is 9.59. The number of rotatable bonds is 7. The molecule has 0 aliphatic carbocycles. The second kappa shape index (κ2) is 9.83. The summed E-state index contributed by atoms with van der Waals surface area (Å²) in [7, 11) is 0. The van der Waals surface area contributed by atoms with Gasteiger partial charge in [0.05, 0.1) is 34.3 Å². The van der Waals surface area contributed by atoms with Crippen LogP contribution in [0.5, 0.6) is 0 Å². The molecular weight excluding hydrogens is 424 g/mol. The number of morpholine rings is 1. The van der Waals surface area contributed by atoms with Gasteiger partial charge in [-0.2, -0.15) is 0 Å². The summed E-state index contributed by atoms with van der Waals surface area (Å²) in [6, 6.07) is 7.81. The first-order valence-corrected chi connectivity index (χ1v) is 9.59. The fourth-order valence-electron chi connectivity index (χ4n) is 3.18. The van der Waals surface area contributed by atoms with Crippen molar-refractivity contribution in [2.24, 2.45) is 0 Å². The number of carbonyl (C=O) groups excluding carboxylic acids is 2. The monoisotopic (exact) mass is 444 g/mol. The summed E-state index contributed by atoms with van der Waals surface area (Å²) < 4.78 is 10.4. The zero-order valence-electron chi connectivity index (χ0n) is 17.1. The Labute approximate surface area is 182 Å². The van der Waals surface area contributed by atoms with Crippen molar-refractivity contribution >= 4 is 34.6 Å². The Bertz CT molecular complexity index is 1070. The summed E-state index contributed by atoms with van der Waals surface area (Å²) in [5.74, 6) is -1.54. The van der Waals surface area contributed by atoms with Gasteiger partial charge in [0.1, 0.15) is 0 Å². The molecule has 32 heavy (non-hydrogen) atoms. The van der Waals surface area contributed by atoms with Crippen LogP contribution in [0.3, 0.4) is 0 Å². The van der Waals surface area contributed by atoms with Crippen LogP contribution in [0.1, 0.15) is 15.9 Å². The van der Waals surface area contributed by atoms with Gasteiger partial charge in [-0.1, -0.05) is 0 Å². The van der Waals surface area contributed by atoms with Gasteiger partial charge in [-0.3, -0.25) is 25.0 Å². The number of esters is 1. The molecule has 3 rings (SSSR count). The third kappa shape index (κ3) is 5.35. The van der Waals surface area contributed by atoms with Gasteiger partial charge in [0.25, 0.3) is 17.3 Å². The average molecular weight is 444 g/mol. The maximum atomic E-state index is 12.7. The molecule has 1 fully saturated rings. The van der Waals surface area contributed by atoms with E-state index in [1.54, 1.807) is 6.92 Å². The zero-order chi connectivity index (χ0) is 23.3. The molecule has 0 spiro atoms. The Morgan fingerprint density at radius 1 is 1.06 bits per heavy atom. The number of hydrogen-bond acceptors (Lipinski definition) is 9. The lowest BCUT2D eigenvalue weighted by Crippen LogP contribution is -2.37. The van der Waals surface area contributed by atoms with Crippen LogP contribution in [0.4, 0.5) is 22.7 Å². The third-order valence-corrected chi connectivity index (χ3v) is 4.79. The van der Waals surface area contributed by atoms with Crippen molar-refractivity contribution in [2.45, 2.75) is 6.92 Å². The fraction of sp³-hybridized carbons (Fsp3) is 0.300. The molecule has 12 nitrogen and oxygen atoms in total. The number of nitrogens with one attached hydrogen (secondary N) is 1. The molecule has 0 bridgehead atoms. The first kappa shape index (κ1) is 22.6. The van der Waals surface area contributed by atoms with E-state index in [0.717, 1.165) is 6.07 Å². The summed E-state index contributed by atoms with van der Waals surface area (Å²) in [5, 5.41) is 24.5. The van der Waals surface area contributed by atoms with Crippen LogP contribution >= 0.6 is 0 Å². The van der Waals surface area contributed by atoms with E-state index in [9.17, 15) is 29.8 Å². The van der Waals surface area contributed by atoms with Crippen LogP contribution in [0.25, 0.3) is 0 Å². The summed E-state index contributed by atoms with van der Waals surface area (Å²) in [6.07, 6.45) is 0. The third-order valence-electron chi connectivity index (χ3n) is 4.79. The minimum atomic E-state index is -0.884. The predicted octanol–water partition coefficient (Wildman–Crippen LogP) is 2.44. The molecule has 1 aliphatic rings. The van der Waals surface area contributed by atoms with E-state index in [1.807, 2.05) is 4.90 Å². The Morgan fingerprint density at radius 3 is 2.31 bits per heavy atom. The van der Waals surface area contributed by atoms with Crippen molar-refractivity contribution in [1.29, 1.82) is 0 Å². The van der Waals surface area contributed by atoms with Gasteiger partial charge in [-0.05, 0) is 24.6 Å². The van der Waals surface area contributed by atoms with Crippen LogP contribution in [0.15, 0.2) is 36.4 Å². The molecule has 1 saturated heterocycles. The summed E-state index contributed by atoms with van der Waals surface area (Å²) in [6.45, 7) is 2.84. The van der Waals surface area contributed by atoms with Crippen LogP contribution in [-0.4, -0.2) is 54.6 Å². The minimum Gasteiger partial charge on any atom is -0.452 e. The molecule has 12 heteroatoms. The van der Waals surface area contributed by atoms with Crippen molar-refractivity contribution in [2.75, 3.05) is 43.1 Å². The number of non-ortho nitro benzene ring substituents is 2. The maximum absolute atomic E-state index is 12.7. The number of ether oxygens (including phenoxy) is 2. The zero-order valence-corrected chi connectivity index (χ0v) is 17.1. The quantitative estimate of drug-likeness (QED) is 0.385. The number of benzene rings is 2. The van der Waals surface area contributed by atoms with Gasteiger partial charge in [-0.25, -0.2) is 4.79 Å². The van der Waals surface area contributed by atoms with E-state index in [0.29, 0.717) is 43.2 Å². The normalized spacial score (nSPS) is 13.3. The smallest absolute Gasteiger partial charge is 0.341 e. The minimum absolute atomic E-state index is 0.0274. The molecule has 1 heterocycles. The Morgan fingerprint density at radius 2 is 1.69 bits per heavy atom. The number of amides is 1. The second-order valence-corrected chi connectivity index (χ2v) is 6.94. The number of anilines is 2. The van der Waals surface area contributed by atoms with Gasteiger partial charge in [0.2, 0.25) is 0 Å². The highest BCUT2D eigenvalue weighted by Gasteiger charge is 2.23. The van der Waals surface area contributed by atoms with Gasteiger partial charge < -0.3 is 19.7 Å². The predicted molar refractivity (Wildman–Crippen MR) is 113 cm³/mol. The molecule has 0 aromatic heterocycles. The maximum Gasteiger partial charge on any atom is 0.341 e. The van der Waals surface area contributed by atoms with Crippen molar-refractivity contribution in [1.82, 2.24) is 0 Å². The molecule has 2 aromatic carbocycles. The molecule has 168 valence electrons. The van der Waals surface area contributed by atoms with Crippen LogP contribution in [0, 0.1) is 27.2 Å². The summed E-state index contributed by atoms with van der Waals surface area (Å²) in [5.41, 5.74) is 0.831. The van der Waals surface area contributed by atoms with Crippen LogP contribution < -0.4 is 10.2 Å². The number of nitrogens with zero attached hydrogens (tertiary/aromatic N) is 3. The number of hydrogen-bond donors (Lipinski definition) is 1.